The summed E-state index contributed by atoms with van der Waals surface area (Å²) in [6.45, 7) is 11.4. The van der Waals surface area contributed by atoms with Crippen LogP contribution >= 0.6 is 0 Å². The number of anilines is 1. The quantitative estimate of drug-likeness (QED) is 0.832. The molecule has 0 aliphatic carbocycles. The highest BCUT2D eigenvalue weighted by Gasteiger charge is 2.06. The minimum Gasteiger partial charge on any atom is -0.489 e. The number of nitrogens with one attached hydrogen (secondary N) is 1. The Hall–Kier alpha value is -1.96. The normalized spacial score (nSPS) is 10.8. The molecule has 2 rings (SSSR count). The van der Waals surface area contributed by atoms with Crippen LogP contribution in [0, 0.1) is 20.8 Å². The molecule has 0 bridgehead atoms. The van der Waals surface area contributed by atoms with E-state index < -0.39 is 0 Å². The van der Waals surface area contributed by atoms with Crippen molar-refractivity contribution in [3.63, 3.8) is 0 Å². The van der Waals surface area contributed by atoms with Gasteiger partial charge >= 0.3 is 0 Å². The van der Waals surface area contributed by atoms with Gasteiger partial charge in [0, 0.05) is 6.54 Å². The third kappa shape index (κ3) is 4.01. The van der Waals surface area contributed by atoms with Crippen molar-refractivity contribution in [2.75, 3.05) is 5.32 Å². The Labute approximate surface area is 128 Å². The fourth-order valence-corrected chi connectivity index (χ4v) is 2.37. The molecular formula is C19H25NO. The molecule has 112 valence electrons. The standard InChI is InChI=1S/C19H25NO/c1-13(2)21-19-9-7-6-8-18(19)20-12-17-11-15(4)14(3)10-16(17)5/h6-11,13,20H,12H2,1-5H3. The Bertz CT molecular complexity index is 617. The maximum absolute atomic E-state index is 5.84. The van der Waals surface area contributed by atoms with E-state index in [4.69, 9.17) is 4.74 Å². The topological polar surface area (TPSA) is 21.3 Å². The molecule has 0 fully saturated rings. The van der Waals surface area contributed by atoms with E-state index in [1.54, 1.807) is 0 Å². The average molecular weight is 283 g/mol. The van der Waals surface area contributed by atoms with Gasteiger partial charge in [-0.05, 0) is 69.0 Å². The van der Waals surface area contributed by atoms with Crippen LogP contribution in [0.25, 0.3) is 0 Å². The van der Waals surface area contributed by atoms with Crippen LogP contribution in [-0.4, -0.2) is 6.10 Å². The largest absolute Gasteiger partial charge is 0.489 e. The van der Waals surface area contributed by atoms with Crippen molar-refractivity contribution in [1.29, 1.82) is 0 Å². The number of rotatable bonds is 5. The molecule has 0 aliphatic heterocycles. The Morgan fingerprint density at radius 2 is 1.62 bits per heavy atom. The summed E-state index contributed by atoms with van der Waals surface area (Å²) < 4.78 is 5.84. The van der Waals surface area contributed by atoms with Crippen LogP contribution < -0.4 is 10.1 Å². The van der Waals surface area contributed by atoms with Crippen LogP contribution in [0.3, 0.4) is 0 Å². The monoisotopic (exact) mass is 283 g/mol. The fourth-order valence-electron chi connectivity index (χ4n) is 2.37. The second kappa shape index (κ2) is 6.66. The molecule has 0 radical (unpaired) electrons. The third-order valence-corrected chi connectivity index (χ3v) is 3.67. The summed E-state index contributed by atoms with van der Waals surface area (Å²) in [7, 11) is 0. The number of benzene rings is 2. The van der Waals surface area contributed by atoms with Gasteiger partial charge in [0.1, 0.15) is 5.75 Å². The number of ether oxygens (including phenoxy) is 1. The van der Waals surface area contributed by atoms with Crippen LogP contribution in [0.15, 0.2) is 36.4 Å². The number of hydrogen-bond donors (Lipinski definition) is 1. The van der Waals surface area contributed by atoms with Gasteiger partial charge in [0.2, 0.25) is 0 Å². The predicted octanol–water partition coefficient (Wildman–Crippen LogP) is 5.01. The minimum absolute atomic E-state index is 0.177. The van der Waals surface area contributed by atoms with Crippen LogP contribution in [-0.2, 0) is 6.54 Å². The lowest BCUT2D eigenvalue weighted by molar-refractivity contribution is 0.243. The second-order valence-corrected chi connectivity index (χ2v) is 5.88. The number of hydrogen-bond acceptors (Lipinski definition) is 2. The van der Waals surface area contributed by atoms with Crippen molar-refractivity contribution in [3.8, 4) is 5.75 Å². The molecular weight excluding hydrogens is 258 g/mol. The predicted molar refractivity (Wildman–Crippen MR) is 90.2 cm³/mol. The third-order valence-electron chi connectivity index (χ3n) is 3.67. The molecule has 0 aromatic heterocycles. The molecule has 0 heterocycles. The van der Waals surface area contributed by atoms with Gasteiger partial charge < -0.3 is 10.1 Å². The molecule has 0 aliphatic rings. The van der Waals surface area contributed by atoms with Gasteiger partial charge in [-0.2, -0.15) is 0 Å². The molecule has 0 unspecified atom stereocenters. The van der Waals surface area contributed by atoms with E-state index in [0.717, 1.165) is 18.0 Å². The lowest BCUT2D eigenvalue weighted by Crippen LogP contribution is -2.09. The van der Waals surface area contributed by atoms with Crippen molar-refractivity contribution in [2.24, 2.45) is 0 Å². The molecule has 0 spiro atoms. The fraction of sp³-hybridized carbons (Fsp3) is 0.368. The van der Waals surface area contributed by atoms with Crippen molar-refractivity contribution in [2.45, 2.75) is 47.3 Å². The lowest BCUT2D eigenvalue weighted by atomic mass is 10.0. The molecule has 2 aromatic rings. The number of para-hydroxylation sites is 2. The van der Waals surface area contributed by atoms with E-state index in [-0.39, 0.29) is 6.10 Å². The van der Waals surface area contributed by atoms with E-state index in [1.165, 1.54) is 22.3 Å². The van der Waals surface area contributed by atoms with Crippen molar-refractivity contribution >= 4 is 5.69 Å². The van der Waals surface area contributed by atoms with Crippen LogP contribution in [0.4, 0.5) is 5.69 Å². The summed E-state index contributed by atoms with van der Waals surface area (Å²) in [5.74, 6) is 0.911. The summed E-state index contributed by atoms with van der Waals surface area (Å²) in [6.07, 6.45) is 0.177. The molecule has 0 saturated carbocycles. The van der Waals surface area contributed by atoms with Gasteiger partial charge in [0.05, 0.1) is 11.8 Å². The molecule has 21 heavy (non-hydrogen) atoms. The minimum atomic E-state index is 0.177. The van der Waals surface area contributed by atoms with Crippen LogP contribution in [0.2, 0.25) is 0 Å². The van der Waals surface area contributed by atoms with E-state index in [1.807, 2.05) is 32.0 Å². The van der Waals surface area contributed by atoms with Gasteiger partial charge in [0.15, 0.2) is 0 Å². The molecule has 0 saturated heterocycles. The zero-order valence-electron chi connectivity index (χ0n) is 13.7. The van der Waals surface area contributed by atoms with E-state index >= 15 is 0 Å². The maximum atomic E-state index is 5.84. The first-order valence-electron chi connectivity index (χ1n) is 7.53. The summed E-state index contributed by atoms with van der Waals surface area (Å²) in [5.41, 5.74) is 6.39. The molecule has 0 amide bonds. The molecule has 1 N–H and O–H groups in total. The van der Waals surface area contributed by atoms with Crippen LogP contribution in [0.1, 0.15) is 36.1 Å². The van der Waals surface area contributed by atoms with Gasteiger partial charge in [-0.3, -0.25) is 0 Å². The molecule has 2 heteroatoms. The SMILES string of the molecule is Cc1cc(C)c(CNc2ccccc2OC(C)C)cc1C. The highest BCUT2D eigenvalue weighted by molar-refractivity contribution is 5.56. The average Bonchev–Trinajstić information content (AvgIpc) is 2.42. The Morgan fingerprint density at radius 3 is 2.33 bits per heavy atom. The summed E-state index contributed by atoms with van der Waals surface area (Å²) >= 11 is 0. The number of aryl methyl sites for hydroxylation is 3. The molecule has 0 atom stereocenters. The Morgan fingerprint density at radius 1 is 0.952 bits per heavy atom. The van der Waals surface area contributed by atoms with E-state index in [0.29, 0.717) is 0 Å². The van der Waals surface area contributed by atoms with Crippen molar-refractivity contribution in [1.82, 2.24) is 0 Å². The van der Waals surface area contributed by atoms with Crippen molar-refractivity contribution in [3.05, 3.63) is 58.7 Å². The van der Waals surface area contributed by atoms with Gasteiger partial charge in [-0.1, -0.05) is 24.3 Å². The van der Waals surface area contributed by atoms with Gasteiger partial charge in [0.25, 0.3) is 0 Å². The second-order valence-electron chi connectivity index (χ2n) is 5.88. The summed E-state index contributed by atoms with van der Waals surface area (Å²) in [5, 5.41) is 3.50. The first-order chi connectivity index (χ1) is 9.97. The highest BCUT2D eigenvalue weighted by atomic mass is 16.5. The van der Waals surface area contributed by atoms with E-state index in [9.17, 15) is 0 Å². The Kier molecular flexibility index (Phi) is 4.89. The van der Waals surface area contributed by atoms with E-state index in [2.05, 4.69) is 44.3 Å². The first kappa shape index (κ1) is 15.4. The molecule has 2 aromatic carbocycles. The highest BCUT2D eigenvalue weighted by Crippen LogP contribution is 2.26. The smallest absolute Gasteiger partial charge is 0.142 e. The summed E-state index contributed by atoms with van der Waals surface area (Å²) in [6, 6.07) is 12.6. The zero-order valence-corrected chi connectivity index (χ0v) is 13.7. The maximum Gasteiger partial charge on any atom is 0.142 e. The zero-order chi connectivity index (χ0) is 15.4. The first-order valence-corrected chi connectivity index (χ1v) is 7.53. The summed E-state index contributed by atoms with van der Waals surface area (Å²) in [4.78, 5) is 0. The van der Waals surface area contributed by atoms with Gasteiger partial charge in [-0.25, -0.2) is 0 Å². The van der Waals surface area contributed by atoms with Crippen molar-refractivity contribution < 1.29 is 4.74 Å². The molecule has 2 nitrogen and oxygen atoms in total. The lowest BCUT2D eigenvalue weighted by Gasteiger charge is -2.16. The Balaban J connectivity index is 2.15. The van der Waals surface area contributed by atoms with Crippen LogP contribution in [0.5, 0.6) is 5.75 Å². The van der Waals surface area contributed by atoms with Gasteiger partial charge in [-0.15, -0.1) is 0 Å².